The number of benzene rings is 3. The van der Waals surface area contributed by atoms with Crippen LogP contribution in [0.5, 0.6) is 0 Å². The molecule has 3 rings (SSSR count). The van der Waals surface area contributed by atoms with Crippen molar-refractivity contribution in [1.82, 2.24) is 5.32 Å². The van der Waals surface area contributed by atoms with Crippen molar-refractivity contribution in [3.8, 4) is 0 Å². The Balaban J connectivity index is 1.59. The minimum Gasteiger partial charge on any atom is -0.354 e. The van der Waals surface area contributed by atoms with E-state index in [0.29, 0.717) is 17.3 Å². The van der Waals surface area contributed by atoms with E-state index in [1.54, 1.807) is 12.1 Å². The first kappa shape index (κ1) is 26.1. The third-order valence-electron chi connectivity index (χ3n) is 5.25. The van der Waals surface area contributed by atoms with Crippen molar-refractivity contribution >= 4 is 45.0 Å². The van der Waals surface area contributed by atoms with Crippen LogP contribution in [0.4, 0.5) is 5.69 Å². The second kappa shape index (κ2) is 12.3. The number of sulfonamides is 1. The second-order valence-electron chi connectivity index (χ2n) is 7.99. The van der Waals surface area contributed by atoms with Gasteiger partial charge in [-0.2, -0.15) is 11.8 Å². The van der Waals surface area contributed by atoms with Gasteiger partial charge in [0.15, 0.2) is 0 Å². The molecule has 0 heterocycles. The lowest BCUT2D eigenvalue weighted by molar-refractivity contribution is -0.119. The van der Waals surface area contributed by atoms with Crippen molar-refractivity contribution in [1.29, 1.82) is 0 Å². The van der Waals surface area contributed by atoms with E-state index in [-0.39, 0.29) is 17.3 Å². The van der Waals surface area contributed by atoms with Crippen molar-refractivity contribution in [2.75, 3.05) is 23.1 Å². The van der Waals surface area contributed by atoms with Crippen LogP contribution in [-0.2, 0) is 20.6 Å². The van der Waals surface area contributed by atoms with Gasteiger partial charge in [-0.1, -0.05) is 59.6 Å². The summed E-state index contributed by atoms with van der Waals surface area (Å²) in [5, 5.41) is 3.31. The summed E-state index contributed by atoms with van der Waals surface area (Å²) < 4.78 is 28.0. The second-order valence-corrected chi connectivity index (χ2v) is 11.4. The highest BCUT2D eigenvalue weighted by Crippen LogP contribution is 2.27. The van der Waals surface area contributed by atoms with Gasteiger partial charge >= 0.3 is 0 Å². The number of para-hydroxylation sites is 1. The third-order valence-corrected chi connectivity index (χ3v) is 8.39. The zero-order valence-electron chi connectivity index (χ0n) is 19.3. The molecule has 1 N–H and O–H groups in total. The number of halogens is 1. The monoisotopic (exact) mass is 516 g/mol. The SMILES string of the molecule is Cc1ccc(CSCCCNC(=O)CN(c2ccccc2C)S(=O)(=O)c2ccc(Cl)cc2)cc1. The zero-order chi connectivity index (χ0) is 24.6. The molecule has 0 aromatic heterocycles. The lowest BCUT2D eigenvalue weighted by Gasteiger charge is -2.25. The van der Waals surface area contributed by atoms with Crippen molar-refractivity contribution < 1.29 is 13.2 Å². The third kappa shape index (κ3) is 7.26. The molecule has 0 aliphatic heterocycles. The van der Waals surface area contributed by atoms with Gasteiger partial charge in [0, 0.05) is 17.3 Å². The zero-order valence-corrected chi connectivity index (χ0v) is 21.7. The normalized spacial score (nSPS) is 11.3. The maximum absolute atomic E-state index is 13.4. The van der Waals surface area contributed by atoms with Crippen molar-refractivity contribution in [3.05, 3.63) is 94.5 Å². The summed E-state index contributed by atoms with van der Waals surface area (Å²) in [6.45, 7) is 4.08. The number of carbonyl (C=O) groups excluding carboxylic acids is 1. The van der Waals surface area contributed by atoms with E-state index in [1.807, 2.05) is 30.8 Å². The molecular weight excluding hydrogens is 488 g/mol. The summed E-state index contributed by atoms with van der Waals surface area (Å²) >= 11 is 7.74. The van der Waals surface area contributed by atoms with Gasteiger partial charge in [-0.25, -0.2) is 8.42 Å². The summed E-state index contributed by atoms with van der Waals surface area (Å²) in [5.41, 5.74) is 3.76. The number of nitrogens with one attached hydrogen (secondary N) is 1. The van der Waals surface area contributed by atoms with E-state index in [0.717, 1.165) is 27.8 Å². The van der Waals surface area contributed by atoms with Gasteiger partial charge < -0.3 is 5.32 Å². The molecule has 0 unspecified atom stereocenters. The number of anilines is 1. The summed E-state index contributed by atoms with van der Waals surface area (Å²) in [6, 6.07) is 21.5. The fourth-order valence-corrected chi connectivity index (χ4v) is 5.87. The summed E-state index contributed by atoms with van der Waals surface area (Å²) in [4.78, 5) is 12.8. The van der Waals surface area contributed by atoms with E-state index in [9.17, 15) is 13.2 Å². The minimum absolute atomic E-state index is 0.0838. The number of hydrogen-bond donors (Lipinski definition) is 1. The Morgan fingerprint density at radius 1 is 0.971 bits per heavy atom. The molecule has 0 radical (unpaired) electrons. The number of hydrogen-bond acceptors (Lipinski definition) is 4. The molecule has 0 bridgehead atoms. The average molecular weight is 517 g/mol. The van der Waals surface area contributed by atoms with E-state index in [2.05, 4.69) is 36.5 Å². The standard InChI is InChI=1S/C26H29ClN2O3S2/c1-20-8-10-22(11-9-20)19-33-17-5-16-28-26(30)18-29(25-7-4-3-6-21(25)2)34(31,32)24-14-12-23(27)13-15-24/h3-4,6-15H,5,16-19H2,1-2H3,(H,28,30). The number of nitrogens with zero attached hydrogens (tertiary/aromatic N) is 1. The van der Waals surface area contributed by atoms with Crippen LogP contribution < -0.4 is 9.62 Å². The molecule has 3 aromatic rings. The molecule has 0 fully saturated rings. The fraction of sp³-hybridized carbons (Fsp3) is 0.269. The highest BCUT2D eigenvalue weighted by Gasteiger charge is 2.28. The molecule has 0 saturated heterocycles. The van der Waals surface area contributed by atoms with Crippen LogP contribution in [0.15, 0.2) is 77.7 Å². The number of rotatable bonds is 11. The fourth-order valence-electron chi connectivity index (χ4n) is 3.34. The van der Waals surface area contributed by atoms with Crippen LogP contribution in [0.1, 0.15) is 23.1 Å². The highest BCUT2D eigenvalue weighted by molar-refractivity contribution is 7.98. The van der Waals surface area contributed by atoms with Crippen molar-refractivity contribution in [2.45, 2.75) is 30.9 Å². The van der Waals surface area contributed by atoms with Crippen LogP contribution in [0.2, 0.25) is 5.02 Å². The Kier molecular flexibility index (Phi) is 9.45. The van der Waals surface area contributed by atoms with Gasteiger partial charge in [0.1, 0.15) is 6.54 Å². The lowest BCUT2D eigenvalue weighted by Crippen LogP contribution is -2.41. The van der Waals surface area contributed by atoms with Gasteiger partial charge in [0.25, 0.3) is 10.0 Å². The maximum Gasteiger partial charge on any atom is 0.264 e. The Hall–Kier alpha value is -2.48. The van der Waals surface area contributed by atoms with Crippen LogP contribution in [0, 0.1) is 13.8 Å². The predicted molar refractivity (Wildman–Crippen MR) is 142 cm³/mol. The topological polar surface area (TPSA) is 66.5 Å². The Labute approximate surface area is 211 Å². The van der Waals surface area contributed by atoms with Crippen molar-refractivity contribution in [3.63, 3.8) is 0 Å². The predicted octanol–water partition coefficient (Wildman–Crippen LogP) is 5.59. The molecule has 3 aromatic carbocycles. The van der Waals surface area contributed by atoms with Gasteiger partial charge in [0.2, 0.25) is 5.91 Å². The first-order valence-electron chi connectivity index (χ1n) is 11.0. The molecular formula is C26H29ClN2O3S2. The quantitative estimate of drug-likeness (QED) is 0.337. The van der Waals surface area contributed by atoms with Gasteiger partial charge in [0.05, 0.1) is 10.6 Å². The van der Waals surface area contributed by atoms with Crippen LogP contribution in [-0.4, -0.2) is 33.2 Å². The average Bonchev–Trinajstić information content (AvgIpc) is 2.81. The minimum atomic E-state index is -3.95. The number of amides is 1. The summed E-state index contributed by atoms with van der Waals surface area (Å²) in [7, 11) is -3.95. The van der Waals surface area contributed by atoms with E-state index in [1.165, 1.54) is 35.4 Å². The molecule has 0 aliphatic carbocycles. The molecule has 0 saturated carbocycles. The lowest BCUT2D eigenvalue weighted by atomic mass is 10.2. The largest absolute Gasteiger partial charge is 0.354 e. The smallest absolute Gasteiger partial charge is 0.264 e. The number of aryl methyl sites for hydroxylation is 2. The first-order valence-corrected chi connectivity index (χ1v) is 14.0. The van der Waals surface area contributed by atoms with Crippen LogP contribution in [0.3, 0.4) is 0 Å². The molecule has 8 heteroatoms. The molecule has 0 atom stereocenters. The molecule has 180 valence electrons. The summed E-state index contributed by atoms with van der Waals surface area (Å²) in [6.07, 6.45) is 0.802. The molecule has 0 spiro atoms. The van der Waals surface area contributed by atoms with E-state index < -0.39 is 10.0 Å². The highest BCUT2D eigenvalue weighted by atomic mass is 35.5. The maximum atomic E-state index is 13.4. The van der Waals surface area contributed by atoms with Gasteiger partial charge in [-0.3, -0.25) is 9.10 Å². The Morgan fingerprint density at radius 2 is 1.65 bits per heavy atom. The van der Waals surface area contributed by atoms with Crippen LogP contribution in [0.25, 0.3) is 0 Å². The van der Waals surface area contributed by atoms with Crippen molar-refractivity contribution in [2.24, 2.45) is 0 Å². The molecule has 0 aliphatic rings. The molecule has 1 amide bonds. The summed E-state index contributed by atoms with van der Waals surface area (Å²) in [5.74, 6) is 1.48. The van der Waals surface area contributed by atoms with E-state index in [4.69, 9.17) is 11.6 Å². The van der Waals surface area contributed by atoms with E-state index >= 15 is 0 Å². The van der Waals surface area contributed by atoms with Crippen LogP contribution >= 0.6 is 23.4 Å². The molecule has 5 nitrogen and oxygen atoms in total. The Bertz CT molecular complexity index is 1200. The number of carbonyl (C=O) groups is 1. The first-order chi connectivity index (χ1) is 16.3. The Morgan fingerprint density at radius 3 is 2.32 bits per heavy atom. The van der Waals surface area contributed by atoms with Gasteiger partial charge in [-0.05, 0) is 67.5 Å². The van der Waals surface area contributed by atoms with Gasteiger partial charge in [-0.15, -0.1) is 0 Å². The number of thioether (sulfide) groups is 1. The molecule has 34 heavy (non-hydrogen) atoms.